The van der Waals surface area contributed by atoms with Crippen LogP contribution in [0.15, 0.2) is 64.2 Å². The monoisotopic (exact) mass is 450 g/mol. The van der Waals surface area contributed by atoms with Crippen molar-refractivity contribution in [2.75, 3.05) is 24.3 Å². The van der Waals surface area contributed by atoms with E-state index in [-0.39, 0.29) is 16.9 Å². The molecule has 0 fully saturated rings. The van der Waals surface area contributed by atoms with Gasteiger partial charge in [0.2, 0.25) is 5.78 Å². The summed E-state index contributed by atoms with van der Waals surface area (Å²) in [7, 11) is 4.09. The molecule has 0 atom stereocenters. The highest BCUT2D eigenvalue weighted by Crippen LogP contribution is 2.18. The Hall–Kier alpha value is -4.47. The molecule has 0 radical (unpaired) electrons. The number of nitrogens with zero attached hydrogens (tertiary/aromatic N) is 3. The Kier molecular flexibility index (Phi) is 6.57. The summed E-state index contributed by atoms with van der Waals surface area (Å²) in [6, 6.07) is 14.9. The predicted octanol–water partition coefficient (Wildman–Crippen LogP) is 0.982. The fraction of sp³-hybridized carbons (Fsp3) is 0.174. The van der Waals surface area contributed by atoms with E-state index in [1.807, 2.05) is 6.07 Å². The first-order valence-electron chi connectivity index (χ1n) is 9.83. The van der Waals surface area contributed by atoms with Gasteiger partial charge in [-0.15, -0.1) is 0 Å². The SMILES string of the molecule is CN(C(=O)c1ccccc1C(=O)OCC(=O)c1c(N)n(C)c(=O)n(C)c1=O)c1ccccc1. The summed E-state index contributed by atoms with van der Waals surface area (Å²) in [6.45, 7) is -0.798. The summed E-state index contributed by atoms with van der Waals surface area (Å²) in [5.74, 6) is -2.57. The maximum atomic E-state index is 13.0. The topological polar surface area (TPSA) is 134 Å². The fourth-order valence-corrected chi connectivity index (χ4v) is 3.20. The molecule has 2 aromatic carbocycles. The molecule has 3 aromatic rings. The predicted molar refractivity (Wildman–Crippen MR) is 122 cm³/mol. The van der Waals surface area contributed by atoms with Crippen LogP contribution < -0.4 is 21.9 Å². The molecule has 33 heavy (non-hydrogen) atoms. The summed E-state index contributed by atoms with van der Waals surface area (Å²) in [5.41, 5.74) is 4.39. The van der Waals surface area contributed by atoms with Crippen LogP contribution in [0.4, 0.5) is 11.5 Å². The number of rotatable bonds is 6. The molecule has 0 spiro atoms. The van der Waals surface area contributed by atoms with Crippen LogP contribution in [0.1, 0.15) is 31.1 Å². The van der Waals surface area contributed by atoms with Gasteiger partial charge in [-0.25, -0.2) is 9.59 Å². The van der Waals surface area contributed by atoms with Crippen LogP contribution in [-0.4, -0.2) is 40.4 Å². The number of ether oxygens (including phenoxy) is 1. The van der Waals surface area contributed by atoms with E-state index in [2.05, 4.69) is 0 Å². The normalized spacial score (nSPS) is 10.5. The van der Waals surface area contributed by atoms with E-state index < -0.39 is 41.1 Å². The number of amides is 1. The second kappa shape index (κ2) is 9.35. The first-order valence-corrected chi connectivity index (χ1v) is 9.83. The van der Waals surface area contributed by atoms with Gasteiger partial charge in [0.15, 0.2) is 6.61 Å². The average Bonchev–Trinajstić information content (AvgIpc) is 2.84. The Morgan fingerprint density at radius 2 is 1.48 bits per heavy atom. The molecule has 0 aliphatic heterocycles. The van der Waals surface area contributed by atoms with E-state index in [4.69, 9.17) is 10.5 Å². The summed E-state index contributed by atoms with van der Waals surface area (Å²) < 4.78 is 6.77. The lowest BCUT2D eigenvalue weighted by atomic mass is 10.1. The van der Waals surface area contributed by atoms with E-state index in [0.29, 0.717) is 5.69 Å². The molecule has 0 saturated heterocycles. The van der Waals surface area contributed by atoms with Crippen molar-refractivity contribution in [1.82, 2.24) is 9.13 Å². The van der Waals surface area contributed by atoms with Gasteiger partial charge in [0.1, 0.15) is 11.4 Å². The standard InChI is InChI=1S/C23H22N4O6/c1-25(14-9-5-4-6-10-14)20(29)15-11-7-8-12-16(15)22(31)33-13-17(28)18-19(24)26(2)23(32)27(3)21(18)30/h4-12H,13,24H2,1-3H3. The molecule has 0 saturated carbocycles. The van der Waals surface area contributed by atoms with Crippen LogP contribution in [0.25, 0.3) is 0 Å². The first-order chi connectivity index (χ1) is 15.6. The van der Waals surface area contributed by atoms with Crippen LogP contribution in [-0.2, 0) is 18.8 Å². The van der Waals surface area contributed by atoms with E-state index >= 15 is 0 Å². The van der Waals surface area contributed by atoms with Crippen molar-refractivity contribution >= 4 is 29.2 Å². The summed E-state index contributed by atoms with van der Waals surface area (Å²) in [5, 5.41) is 0. The molecular weight excluding hydrogens is 428 g/mol. The number of carbonyl (C=O) groups excluding carboxylic acids is 3. The van der Waals surface area contributed by atoms with Gasteiger partial charge in [-0.2, -0.15) is 0 Å². The van der Waals surface area contributed by atoms with Crippen molar-refractivity contribution in [3.05, 3.63) is 92.1 Å². The molecule has 1 aromatic heterocycles. The second-order valence-electron chi connectivity index (χ2n) is 7.21. The second-order valence-corrected chi connectivity index (χ2v) is 7.21. The van der Waals surface area contributed by atoms with Gasteiger partial charge >= 0.3 is 11.7 Å². The highest BCUT2D eigenvalue weighted by Gasteiger charge is 2.24. The number of ketones is 1. The largest absolute Gasteiger partial charge is 0.454 e. The Labute approximate surface area is 188 Å². The van der Waals surface area contributed by atoms with Gasteiger partial charge in [0.05, 0.1) is 11.1 Å². The van der Waals surface area contributed by atoms with Crippen LogP contribution in [0, 0.1) is 0 Å². The number of aromatic nitrogens is 2. The van der Waals surface area contributed by atoms with Crippen LogP contribution >= 0.6 is 0 Å². The molecule has 170 valence electrons. The zero-order chi connectivity index (χ0) is 24.3. The van der Waals surface area contributed by atoms with Crippen molar-refractivity contribution in [3.8, 4) is 0 Å². The molecule has 0 aliphatic carbocycles. The molecule has 1 amide bonds. The number of para-hydroxylation sites is 1. The lowest BCUT2D eigenvalue weighted by Crippen LogP contribution is -2.42. The highest BCUT2D eigenvalue weighted by molar-refractivity contribution is 6.12. The Balaban J connectivity index is 1.83. The van der Waals surface area contributed by atoms with E-state index in [1.54, 1.807) is 43.4 Å². The lowest BCUT2D eigenvalue weighted by molar-refractivity contribution is 0.0472. The van der Waals surface area contributed by atoms with Crippen molar-refractivity contribution in [3.63, 3.8) is 0 Å². The molecule has 1 heterocycles. The van der Waals surface area contributed by atoms with Gasteiger partial charge in [0.25, 0.3) is 11.5 Å². The zero-order valence-electron chi connectivity index (χ0n) is 18.3. The van der Waals surface area contributed by atoms with E-state index in [0.717, 1.165) is 9.13 Å². The summed E-state index contributed by atoms with van der Waals surface area (Å²) in [6.07, 6.45) is 0. The number of benzene rings is 2. The van der Waals surface area contributed by atoms with Crippen molar-refractivity contribution < 1.29 is 19.1 Å². The third-order valence-electron chi connectivity index (χ3n) is 5.15. The smallest absolute Gasteiger partial charge is 0.339 e. The molecule has 0 unspecified atom stereocenters. The molecule has 0 bridgehead atoms. The maximum absolute atomic E-state index is 13.0. The van der Waals surface area contributed by atoms with Crippen LogP contribution in [0.5, 0.6) is 0 Å². The van der Waals surface area contributed by atoms with Gasteiger partial charge in [-0.1, -0.05) is 30.3 Å². The fourth-order valence-electron chi connectivity index (χ4n) is 3.20. The number of hydrogen-bond donors (Lipinski definition) is 1. The Bertz CT molecular complexity index is 1360. The van der Waals surface area contributed by atoms with Gasteiger partial charge in [-0.3, -0.25) is 23.5 Å². The van der Waals surface area contributed by atoms with Gasteiger partial charge in [0, 0.05) is 26.8 Å². The molecule has 2 N–H and O–H groups in total. The summed E-state index contributed by atoms with van der Waals surface area (Å²) >= 11 is 0. The molecular formula is C23H22N4O6. The molecule has 10 heteroatoms. The maximum Gasteiger partial charge on any atom is 0.339 e. The minimum Gasteiger partial charge on any atom is -0.454 e. The van der Waals surface area contributed by atoms with E-state index in [1.165, 1.54) is 31.1 Å². The molecule has 3 rings (SSSR count). The lowest BCUT2D eigenvalue weighted by Gasteiger charge is -2.18. The number of nitrogens with two attached hydrogens (primary N) is 1. The number of carbonyl (C=O) groups is 3. The average molecular weight is 450 g/mol. The summed E-state index contributed by atoms with van der Waals surface area (Å²) in [4.78, 5) is 63.9. The van der Waals surface area contributed by atoms with Gasteiger partial charge in [-0.05, 0) is 24.3 Å². The van der Waals surface area contributed by atoms with Gasteiger partial charge < -0.3 is 15.4 Å². The number of nitrogen functional groups attached to an aromatic ring is 1. The van der Waals surface area contributed by atoms with Crippen molar-refractivity contribution in [2.24, 2.45) is 14.1 Å². The number of esters is 1. The minimum absolute atomic E-state index is 0.0422. The Morgan fingerprint density at radius 3 is 2.12 bits per heavy atom. The minimum atomic E-state index is -0.922. The quantitative estimate of drug-likeness (QED) is 0.437. The highest BCUT2D eigenvalue weighted by atomic mass is 16.5. The number of anilines is 2. The first kappa shape index (κ1) is 23.2. The van der Waals surface area contributed by atoms with Crippen LogP contribution in [0.3, 0.4) is 0 Å². The zero-order valence-corrected chi connectivity index (χ0v) is 18.3. The number of hydrogen-bond acceptors (Lipinski definition) is 7. The van der Waals surface area contributed by atoms with Crippen LogP contribution in [0.2, 0.25) is 0 Å². The third-order valence-corrected chi connectivity index (χ3v) is 5.15. The molecule has 10 nitrogen and oxygen atoms in total. The van der Waals surface area contributed by atoms with Crippen molar-refractivity contribution in [2.45, 2.75) is 0 Å². The molecule has 0 aliphatic rings. The van der Waals surface area contributed by atoms with E-state index in [9.17, 15) is 24.0 Å². The Morgan fingerprint density at radius 1 is 0.909 bits per heavy atom. The van der Waals surface area contributed by atoms with Crippen molar-refractivity contribution in [1.29, 1.82) is 0 Å². The number of Topliss-reactive ketones (excluding diaryl/α,β-unsaturated/α-hetero) is 1. The third kappa shape index (κ3) is 4.45.